The summed E-state index contributed by atoms with van der Waals surface area (Å²) in [6.07, 6.45) is 1.82. The third-order valence-electron chi connectivity index (χ3n) is 3.30. The van der Waals surface area contributed by atoms with Crippen LogP contribution >= 0.6 is 0 Å². The predicted octanol–water partition coefficient (Wildman–Crippen LogP) is 1.99. The predicted molar refractivity (Wildman–Crippen MR) is 83.7 cm³/mol. The van der Waals surface area contributed by atoms with E-state index in [1.54, 1.807) is 24.8 Å². The van der Waals surface area contributed by atoms with Crippen molar-refractivity contribution in [3.05, 3.63) is 47.3 Å². The van der Waals surface area contributed by atoms with E-state index in [4.69, 9.17) is 0 Å². The van der Waals surface area contributed by atoms with Gasteiger partial charge in [-0.3, -0.25) is 4.79 Å². The van der Waals surface area contributed by atoms with E-state index < -0.39 is 0 Å². The first-order chi connectivity index (χ1) is 10.0. The normalized spacial score (nSPS) is 10.7. The number of aromatic nitrogens is 2. The molecule has 1 N–H and O–H groups in total. The molecule has 112 valence electrons. The molecular weight excluding hydrogens is 264 g/mol. The smallest absolute Gasteiger partial charge is 0.273 e. The second-order valence-corrected chi connectivity index (χ2v) is 5.25. The van der Waals surface area contributed by atoms with Crippen molar-refractivity contribution in [3.63, 3.8) is 0 Å². The zero-order valence-electron chi connectivity index (χ0n) is 13.1. The lowest BCUT2D eigenvalue weighted by atomic mass is 10.1. The number of aryl methyl sites for hydroxylation is 1. The lowest BCUT2D eigenvalue weighted by Crippen LogP contribution is -2.22. The summed E-state index contributed by atoms with van der Waals surface area (Å²) in [6, 6.07) is 8.01. The van der Waals surface area contributed by atoms with Gasteiger partial charge in [0.05, 0.1) is 5.69 Å². The third kappa shape index (κ3) is 3.49. The summed E-state index contributed by atoms with van der Waals surface area (Å²) in [4.78, 5) is 13.4. The van der Waals surface area contributed by atoms with Crippen LogP contribution in [-0.4, -0.2) is 41.2 Å². The van der Waals surface area contributed by atoms with Crippen LogP contribution in [0.15, 0.2) is 30.5 Å². The topological polar surface area (TPSA) is 50.2 Å². The van der Waals surface area contributed by atoms with E-state index in [0.29, 0.717) is 5.69 Å². The molecule has 0 spiro atoms. The molecule has 0 bridgehead atoms. The van der Waals surface area contributed by atoms with Gasteiger partial charge >= 0.3 is 0 Å². The summed E-state index contributed by atoms with van der Waals surface area (Å²) in [7, 11) is 3.45. The monoisotopic (exact) mass is 286 g/mol. The minimum atomic E-state index is -0.0878. The second-order valence-electron chi connectivity index (χ2n) is 5.25. The Morgan fingerprint density at radius 2 is 2.10 bits per heavy atom. The molecule has 21 heavy (non-hydrogen) atoms. The van der Waals surface area contributed by atoms with Gasteiger partial charge in [-0.15, -0.1) is 0 Å². The molecular formula is C16H22N4O. The maximum absolute atomic E-state index is 11.9. The van der Waals surface area contributed by atoms with Gasteiger partial charge in [-0.2, -0.15) is 5.10 Å². The van der Waals surface area contributed by atoms with Crippen LogP contribution in [0.2, 0.25) is 0 Å². The second kappa shape index (κ2) is 6.54. The fourth-order valence-electron chi connectivity index (χ4n) is 2.16. The van der Waals surface area contributed by atoms with Crippen molar-refractivity contribution in [2.45, 2.75) is 20.4 Å². The summed E-state index contributed by atoms with van der Waals surface area (Å²) in [6.45, 7) is 5.96. The first kappa shape index (κ1) is 15.3. The molecule has 0 atom stereocenters. The number of nitrogens with one attached hydrogen (secondary N) is 1. The Morgan fingerprint density at radius 3 is 2.71 bits per heavy atom. The van der Waals surface area contributed by atoms with Gasteiger partial charge in [0.15, 0.2) is 5.69 Å². The van der Waals surface area contributed by atoms with Gasteiger partial charge in [-0.05, 0) is 36.7 Å². The number of carbonyl (C=O) groups excluding carboxylic acids is 1. The molecule has 1 amide bonds. The van der Waals surface area contributed by atoms with Crippen LogP contribution < -0.4 is 5.32 Å². The number of amides is 1. The SMILES string of the molecule is CCNCc1ccc(-n2ccc(C(=O)N(C)C)n2)c(C)c1. The third-order valence-corrected chi connectivity index (χ3v) is 3.30. The molecule has 0 aliphatic heterocycles. The highest BCUT2D eigenvalue weighted by molar-refractivity contribution is 5.91. The van der Waals surface area contributed by atoms with E-state index in [-0.39, 0.29) is 5.91 Å². The van der Waals surface area contributed by atoms with Gasteiger partial charge in [0.1, 0.15) is 0 Å². The zero-order chi connectivity index (χ0) is 15.4. The highest BCUT2D eigenvalue weighted by Gasteiger charge is 2.12. The minimum absolute atomic E-state index is 0.0878. The van der Waals surface area contributed by atoms with Crippen LogP contribution in [-0.2, 0) is 6.54 Å². The molecule has 1 heterocycles. The molecule has 0 saturated heterocycles. The van der Waals surface area contributed by atoms with Gasteiger partial charge in [0.25, 0.3) is 5.91 Å². The summed E-state index contributed by atoms with van der Waals surface area (Å²) < 4.78 is 1.75. The molecule has 5 heteroatoms. The van der Waals surface area contributed by atoms with E-state index >= 15 is 0 Å². The lowest BCUT2D eigenvalue weighted by molar-refractivity contribution is 0.0821. The van der Waals surface area contributed by atoms with Crippen molar-refractivity contribution in [1.29, 1.82) is 0 Å². The van der Waals surface area contributed by atoms with Gasteiger partial charge in [0.2, 0.25) is 0 Å². The van der Waals surface area contributed by atoms with Crippen molar-refractivity contribution in [2.24, 2.45) is 0 Å². The Balaban J connectivity index is 2.24. The van der Waals surface area contributed by atoms with Crippen molar-refractivity contribution in [1.82, 2.24) is 20.0 Å². The Kier molecular flexibility index (Phi) is 4.75. The number of hydrogen-bond acceptors (Lipinski definition) is 3. The Morgan fingerprint density at radius 1 is 1.33 bits per heavy atom. The van der Waals surface area contributed by atoms with Gasteiger partial charge in [0, 0.05) is 26.8 Å². The van der Waals surface area contributed by atoms with Crippen LogP contribution in [0.1, 0.15) is 28.5 Å². The molecule has 1 aromatic heterocycles. The summed E-state index contributed by atoms with van der Waals surface area (Å²) in [5.41, 5.74) is 3.83. The number of carbonyl (C=O) groups is 1. The van der Waals surface area contributed by atoms with Crippen LogP contribution in [0.3, 0.4) is 0 Å². The van der Waals surface area contributed by atoms with Gasteiger partial charge < -0.3 is 10.2 Å². The Bertz CT molecular complexity index is 631. The maximum Gasteiger partial charge on any atom is 0.273 e. The van der Waals surface area contributed by atoms with Crippen molar-refractivity contribution < 1.29 is 4.79 Å². The number of nitrogens with zero attached hydrogens (tertiary/aromatic N) is 3. The fourth-order valence-corrected chi connectivity index (χ4v) is 2.16. The molecule has 0 saturated carbocycles. The van der Waals surface area contributed by atoms with Crippen LogP contribution in [0.5, 0.6) is 0 Å². The van der Waals surface area contributed by atoms with E-state index in [9.17, 15) is 4.79 Å². The number of rotatable bonds is 5. The van der Waals surface area contributed by atoms with E-state index in [2.05, 4.69) is 36.4 Å². The van der Waals surface area contributed by atoms with Gasteiger partial charge in [-0.25, -0.2) is 4.68 Å². The maximum atomic E-state index is 11.9. The highest BCUT2D eigenvalue weighted by atomic mass is 16.2. The molecule has 0 unspecified atom stereocenters. The minimum Gasteiger partial charge on any atom is -0.343 e. The molecule has 0 aliphatic carbocycles. The Hall–Kier alpha value is -2.14. The number of benzene rings is 1. The average molecular weight is 286 g/mol. The summed E-state index contributed by atoms with van der Waals surface area (Å²) in [5, 5.41) is 7.67. The quantitative estimate of drug-likeness (QED) is 0.914. The molecule has 1 aromatic carbocycles. The van der Waals surface area contributed by atoms with E-state index in [0.717, 1.165) is 24.3 Å². The number of hydrogen-bond donors (Lipinski definition) is 1. The molecule has 0 aliphatic rings. The molecule has 5 nitrogen and oxygen atoms in total. The first-order valence-corrected chi connectivity index (χ1v) is 7.11. The highest BCUT2D eigenvalue weighted by Crippen LogP contribution is 2.16. The molecule has 2 aromatic rings. The van der Waals surface area contributed by atoms with Crippen LogP contribution in [0.25, 0.3) is 5.69 Å². The Labute approximate surface area is 125 Å². The average Bonchev–Trinajstić information content (AvgIpc) is 2.93. The zero-order valence-corrected chi connectivity index (χ0v) is 13.1. The largest absolute Gasteiger partial charge is 0.343 e. The summed E-state index contributed by atoms with van der Waals surface area (Å²) >= 11 is 0. The van der Waals surface area contributed by atoms with Crippen molar-refractivity contribution >= 4 is 5.91 Å². The molecule has 0 fully saturated rings. The van der Waals surface area contributed by atoms with E-state index in [1.807, 2.05) is 12.3 Å². The molecule has 0 radical (unpaired) electrons. The summed E-state index contributed by atoms with van der Waals surface area (Å²) in [5.74, 6) is -0.0878. The van der Waals surface area contributed by atoms with Crippen molar-refractivity contribution in [2.75, 3.05) is 20.6 Å². The van der Waals surface area contributed by atoms with Gasteiger partial charge in [-0.1, -0.05) is 19.1 Å². The van der Waals surface area contributed by atoms with E-state index in [1.165, 1.54) is 10.5 Å². The van der Waals surface area contributed by atoms with Crippen LogP contribution in [0.4, 0.5) is 0 Å². The lowest BCUT2D eigenvalue weighted by Gasteiger charge is -2.10. The molecule has 2 rings (SSSR count). The standard InChI is InChI=1S/C16H22N4O/c1-5-17-11-13-6-7-15(12(2)10-13)20-9-8-14(18-20)16(21)19(3)4/h6-10,17H,5,11H2,1-4H3. The fraction of sp³-hybridized carbons (Fsp3) is 0.375. The van der Waals surface area contributed by atoms with Crippen molar-refractivity contribution in [3.8, 4) is 5.69 Å². The first-order valence-electron chi connectivity index (χ1n) is 7.11. The van der Waals surface area contributed by atoms with Crippen LogP contribution in [0, 0.1) is 6.92 Å².